The van der Waals surface area contributed by atoms with Crippen LogP contribution in [-0.2, 0) is 6.42 Å². The highest BCUT2D eigenvalue weighted by Gasteiger charge is 2.14. The normalized spacial score (nSPS) is 10.4. The van der Waals surface area contributed by atoms with Crippen LogP contribution in [0, 0.1) is 6.92 Å². The number of rotatable bonds is 6. The number of furan rings is 1. The lowest BCUT2D eigenvalue weighted by atomic mass is 10.1. The van der Waals surface area contributed by atoms with Crippen molar-refractivity contribution in [1.82, 2.24) is 15.5 Å². The number of aromatic carboxylic acids is 1. The van der Waals surface area contributed by atoms with Gasteiger partial charge in [0.15, 0.2) is 5.76 Å². The van der Waals surface area contributed by atoms with Crippen molar-refractivity contribution in [3.8, 4) is 0 Å². The van der Waals surface area contributed by atoms with Crippen LogP contribution in [0.15, 0.2) is 22.9 Å². The number of H-pyrrole nitrogens is 1. The Morgan fingerprint density at radius 1 is 1.50 bits per heavy atom. The third-order valence-electron chi connectivity index (χ3n) is 2.91. The van der Waals surface area contributed by atoms with Crippen LogP contribution < -0.4 is 5.32 Å². The van der Waals surface area contributed by atoms with Crippen molar-refractivity contribution in [3.63, 3.8) is 0 Å². The Labute approximate surface area is 115 Å². The zero-order valence-corrected chi connectivity index (χ0v) is 11.0. The molecule has 0 bridgehead atoms. The molecule has 20 heavy (non-hydrogen) atoms. The summed E-state index contributed by atoms with van der Waals surface area (Å²) in [5, 5.41) is 18.2. The van der Waals surface area contributed by atoms with Crippen molar-refractivity contribution in [2.75, 3.05) is 6.54 Å². The summed E-state index contributed by atoms with van der Waals surface area (Å²) in [6.45, 7) is 2.42. The zero-order chi connectivity index (χ0) is 14.5. The number of nitrogens with zero attached hydrogens (tertiary/aromatic N) is 1. The summed E-state index contributed by atoms with van der Waals surface area (Å²) < 4.78 is 4.90. The van der Waals surface area contributed by atoms with Gasteiger partial charge in [0.1, 0.15) is 6.26 Å². The summed E-state index contributed by atoms with van der Waals surface area (Å²) in [4.78, 5) is 22.4. The van der Waals surface area contributed by atoms with E-state index in [1.807, 2.05) is 6.92 Å². The topological polar surface area (TPSA) is 108 Å². The number of amides is 1. The van der Waals surface area contributed by atoms with E-state index in [9.17, 15) is 9.59 Å². The van der Waals surface area contributed by atoms with Crippen LogP contribution in [0.3, 0.4) is 0 Å². The van der Waals surface area contributed by atoms with Crippen LogP contribution in [0.2, 0.25) is 0 Å². The van der Waals surface area contributed by atoms with E-state index in [2.05, 4.69) is 15.5 Å². The summed E-state index contributed by atoms with van der Waals surface area (Å²) in [5.74, 6) is -1.54. The van der Waals surface area contributed by atoms with Crippen LogP contribution in [0.1, 0.15) is 38.6 Å². The van der Waals surface area contributed by atoms with Crippen molar-refractivity contribution in [2.45, 2.75) is 19.8 Å². The fraction of sp³-hybridized carbons (Fsp3) is 0.308. The Balaban J connectivity index is 1.77. The van der Waals surface area contributed by atoms with Crippen molar-refractivity contribution < 1.29 is 19.1 Å². The molecule has 0 radical (unpaired) electrons. The molecule has 0 aliphatic rings. The number of nitrogens with one attached hydrogen (secondary N) is 2. The summed E-state index contributed by atoms with van der Waals surface area (Å²) in [6, 6.07) is 1.21. The van der Waals surface area contributed by atoms with E-state index in [1.165, 1.54) is 6.07 Å². The molecular formula is C13H15N3O4. The molecule has 7 heteroatoms. The standard InChI is InChI=1S/C13H15N3O4/c1-8-9(6-15-16-8)3-2-4-14-12(17)11-5-10(7-20-11)13(18)19/h5-7H,2-4H2,1H3,(H,14,17)(H,15,16)(H,18,19). The maximum Gasteiger partial charge on any atom is 0.338 e. The van der Waals surface area contributed by atoms with E-state index in [0.717, 1.165) is 30.4 Å². The van der Waals surface area contributed by atoms with Crippen molar-refractivity contribution in [2.24, 2.45) is 0 Å². The fourth-order valence-electron chi connectivity index (χ4n) is 1.76. The maximum atomic E-state index is 11.7. The number of hydrogen-bond donors (Lipinski definition) is 3. The van der Waals surface area contributed by atoms with Gasteiger partial charge in [-0.1, -0.05) is 0 Å². The summed E-state index contributed by atoms with van der Waals surface area (Å²) in [6.07, 6.45) is 4.38. The lowest BCUT2D eigenvalue weighted by Crippen LogP contribution is -2.24. The Morgan fingerprint density at radius 3 is 2.90 bits per heavy atom. The van der Waals surface area contributed by atoms with Gasteiger partial charge in [0.05, 0.1) is 11.8 Å². The van der Waals surface area contributed by atoms with E-state index in [1.54, 1.807) is 6.20 Å². The number of aromatic nitrogens is 2. The van der Waals surface area contributed by atoms with E-state index in [-0.39, 0.29) is 11.3 Å². The van der Waals surface area contributed by atoms with E-state index in [4.69, 9.17) is 9.52 Å². The molecule has 0 aliphatic heterocycles. The molecule has 3 N–H and O–H groups in total. The van der Waals surface area contributed by atoms with Crippen molar-refractivity contribution in [1.29, 1.82) is 0 Å². The van der Waals surface area contributed by atoms with Gasteiger partial charge in [-0.2, -0.15) is 5.10 Å². The Bertz CT molecular complexity index is 615. The number of carboxylic acid groups (broad SMARTS) is 1. The largest absolute Gasteiger partial charge is 0.478 e. The predicted octanol–water partition coefficient (Wildman–Crippen LogP) is 1.37. The molecule has 0 aliphatic carbocycles. The van der Waals surface area contributed by atoms with Gasteiger partial charge in [-0.05, 0) is 25.3 Å². The van der Waals surface area contributed by atoms with E-state index in [0.29, 0.717) is 6.54 Å². The zero-order valence-electron chi connectivity index (χ0n) is 11.0. The minimum Gasteiger partial charge on any atom is -0.478 e. The second-order valence-electron chi connectivity index (χ2n) is 4.38. The van der Waals surface area contributed by atoms with Crippen molar-refractivity contribution in [3.05, 3.63) is 41.1 Å². The highest BCUT2D eigenvalue weighted by Crippen LogP contribution is 2.08. The third-order valence-corrected chi connectivity index (χ3v) is 2.91. The fourth-order valence-corrected chi connectivity index (χ4v) is 1.76. The van der Waals surface area contributed by atoms with Crippen LogP contribution in [-0.4, -0.2) is 33.7 Å². The lowest BCUT2D eigenvalue weighted by molar-refractivity contribution is 0.0696. The molecule has 0 atom stereocenters. The predicted molar refractivity (Wildman–Crippen MR) is 69.6 cm³/mol. The monoisotopic (exact) mass is 277 g/mol. The first-order valence-electron chi connectivity index (χ1n) is 6.17. The van der Waals surface area contributed by atoms with Crippen LogP contribution in [0.4, 0.5) is 0 Å². The van der Waals surface area contributed by atoms with Gasteiger partial charge >= 0.3 is 5.97 Å². The summed E-state index contributed by atoms with van der Waals surface area (Å²) in [5.41, 5.74) is 2.10. The van der Waals surface area contributed by atoms with Crippen LogP contribution in [0.5, 0.6) is 0 Å². The third kappa shape index (κ3) is 3.25. The average molecular weight is 277 g/mol. The minimum absolute atomic E-state index is 0.00175. The second kappa shape index (κ2) is 6.05. The Kier molecular flexibility index (Phi) is 4.19. The molecule has 0 saturated carbocycles. The lowest BCUT2D eigenvalue weighted by Gasteiger charge is -2.02. The molecule has 0 saturated heterocycles. The molecule has 0 fully saturated rings. The van der Waals surface area contributed by atoms with Gasteiger partial charge in [0, 0.05) is 18.3 Å². The molecule has 7 nitrogen and oxygen atoms in total. The van der Waals surface area contributed by atoms with E-state index < -0.39 is 11.9 Å². The molecule has 1 amide bonds. The van der Waals surface area contributed by atoms with Crippen LogP contribution in [0.25, 0.3) is 0 Å². The maximum absolute atomic E-state index is 11.7. The number of hydrogen-bond acceptors (Lipinski definition) is 4. The van der Waals surface area contributed by atoms with Gasteiger partial charge in [0.2, 0.25) is 0 Å². The Hall–Kier alpha value is -2.57. The van der Waals surface area contributed by atoms with Gasteiger partial charge in [-0.3, -0.25) is 9.89 Å². The van der Waals surface area contributed by atoms with Gasteiger partial charge in [0.25, 0.3) is 5.91 Å². The summed E-state index contributed by atoms with van der Waals surface area (Å²) >= 11 is 0. The van der Waals surface area contributed by atoms with Crippen molar-refractivity contribution >= 4 is 11.9 Å². The molecule has 0 spiro atoms. The minimum atomic E-state index is -1.12. The molecule has 2 rings (SSSR count). The smallest absolute Gasteiger partial charge is 0.338 e. The molecule has 0 unspecified atom stereocenters. The molecule has 0 aromatic carbocycles. The van der Waals surface area contributed by atoms with E-state index >= 15 is 0 Å². The van der Waals surface area contributed by atoms with Crippen LogP contribution >= 0.6 is 0 Å². The first kappa shape index (κ1) is 13.9. The first-order chi connectivity index (χ1) is 9.58. The quantitative estimate of drug-likeness (QED) is 0.691. The van der Waals surface area contributed by atoms with Gasteiger partial charge in [-0.25, -0.2) is 4.79 Å². The Morgan fingerprint density at radius 2 is 2.30 bits per heavy atom. The number of carbonyl (C=O) groups excluding carboxylic acids is 1. The highest BCUT2D eigenvalue weighted by molar-refractivity contribution is 5.95. The molecule has 106 valence electrons. The SMILES string of the molecule is Cc1[nH]ncc1CCCNC(=O)c1cc(C(=O)O)co1. The first-order valence-corrected chi connectivity index (χ1v) is 6.17. The molecule has 2 aromatic heterocycles. The summed E-state index contributed by atoms with van der Waals surface area (Å²) in [7, 11) is 0. The highest BCUT2D eigenvalue weighted by atomic mass is 16.4. The average Bonchev–Trinajstić information content (AvgIpc) is 3.03. The molecular weight excluding hydrogens is 262 g/mol. The number of aryl methyl sites for hydroxylation is 2. The van der Waals surface area contributed by atoms with Gasteiger partial charge < -0.3 is 14.8 Å². The van der Waals surface area contributed by atoms with Gasteiger partial charge in [-0.15, -0.1) is 0 Å². The molecule has 2 heterocycles. The number of carboxylic acids is 1. The molecule has 2 aromatic rings. The number of aromatic amines is 1. The second-order valence-corrected chi connectivity index (χ2v) is 4.38. The number of carbonyl (C=O) groups is 2.